The Kier molecular flexibility index (Phi) is 11.8. The monoisotopic (exact) mass is 316 g/mol. The van der Waals surface area contributed by atoms with E-state index in [0.29, 0.717) is 45.4 Å². The molecule has 0 saturated carbocycles. The highest BCUT2D eigenvalue weighted by molar-refractivity contribution is 5.78. The molecule has 0 rings (SSSR count). The van der Waals surface area contributed by atoms with Gasteiger partial charge in [0.05, 0.1) is 5.54 Å². The summed E-state index contributed by atoms with van der Waals surface area (Å²) in [5.74, 6) is -0.00496. The summed E-state index contributed by atoms with van der Waals surface area (Å²) in [6, 6.07) is 0. The summed E-state index contributed by atoms with van der Waals surface area (Å²) < 4.78 is 9.88. The molecule has 1 unspecified atom stereocenters. The number of nitrogens with one attached hydrogen (secondary N) is 2. The highest BCUT2D eigenvalue weighted by Gasteiger charge is 2.25. The Balaban J connectivity index is 4.24. The Morgan fingerprint density at radius 3 is 2.05 bits per heavy atom. The molecule has 0 aromatic carbocycles. The van der Waals surface area contributed by atoms with Crippen molar-refractivity contribution in [3.8, 4) is 0 Å². The molecular formula is C16H32N2O4. The number of amides is 2. The highest BCUT2D eigenvalue weighted by atomic mass is 16.5. The molecule has 0 aromatic heterocycles. The third kappa shape index (κ3) is 10.6. The van der Waals surface area contributed by atoms with E-state index < -0.39 is 5.54 Å². The van der Waals surface area contributed by atoms with Crippen LogP contribution in [0.3, 0.4) is 0 Å². The molecule has 0 aromatic rings. The molecule has 0 fully saturated rings. The number of ether oxygens (including phenoxy) is 2. The zero-order valence-electron chi connectivity index (χ0n) is 14.5. The van der Waals surface area contributed by atoms with Crippen LogP contribution in [0.2, 0.25) is 0 Å². The highest BCUT2D eigenvalue weighted by Crippen LogP contribution is 2.12. The average Bonchev–Trinajstić information content (AvgIpc) is 2.46. The minimum absolute atomic E-state index is 0.00151. The van der Waals surface area contributed by atoms with Crippen molar-refractivity contribution in [2.24, 2.45) is 0 Å². The Morgan fingerprint density at radius 2 is 1.55 bits per heavy atom. The van der Waals surface area contributed by atoms with Crippen LogP contribution in [0.1, 0.15) is 52.4 Å². The molecule has 0 radical (unpaired) electrons. The third-order valence-corrected chi connectivity index (χ3v) is 3.42. The molecule has 0 aliphatic rings. The summed E-state index contributed by atoms with van der Waals surface area (Å²) in [6.45, 7) is 5.64. The summed E-state index contributed by atoms with van der Waals surface area (Å²) in [6.07, 6.45) is 4.05. The van der Waals surface area contributed by atoms with E-state index in [0.717, 1.165) is 12.8 Å². The van der Waals surface area contributed by atoms with Gasteiger partial charge in [-0.25, -0.2) is 0 Å². The number of carbonyl (C=O) groups excluding carboxylic acids is 2. The lowest BCUT2D eigenvalue weighted by Crippen LogP contribution is -2.53. The fourth-order valence-corrected chi connectivity index (χ4v) is 2.28. The van der Waals surface area contributed by atoms with Gasteiger partial charge in [-0.2, -0.15) is 0 Å². The van der Waals surface area contributed by atoms with Gasteiger partial charge in [-0.3, -0.25) is 9.59 Å². The van der Waals surface area contributed by atoms with Crippen LogP contribution in [0.5, 0.6) is 0 Å². The van der Waals surface area contributed by atoms with E-state index in [4.69, 9.17) is 9.47 Å². The molecule has 130 valence electrons. The third-order valence-electron chi connectivity index (χ3n) is 3.42. The van der Waals surface area contributed by atoms with Crippen molar-refractivity contribution in [1.29, 1.82) is 0 Å². The summed E-state index contributed by atoms with van der Waals surface area (Å²) in [7, 11) is 3.24. The van der Waals surface area contributed by atoms with E-state index in [2.05, 4.69) is 17.6 Å². The van der Waals surface area contributed by atoms with Crippen LogP contribution in [0.25, 0.3) is 0 Å². The second-order valence-electron chi connectivity index (χ2n) is 5.83. The van der Waals surface area contributed by atoms with Crippen LogP contribution in [0.15, 0.2) is 0 Å². The molecule has 0 bridgehead atoms. The molecule has 22 heavy (non-hydrogen) atoms. The van der Waals surface area contributed by atoms with Crippen LogP contribution in [0.4, 0.5) is 0 Å². The summed E-state index contributed by atoms with van der Waals surface area (Å²) >= 11 is 0. The topological polar surface area (TPSA) is 76.7 Å². The van der Waals surface area contributed by atoms with Gasteiger partial charge < -0.3 is 20.1 Å². The van der Waals surface area contributed by atoms with Crippen LogP contribution in [-0.4, -0.2) is 51.3 Å². The normalized spacial score (nSPS) is 13.5. The maximum Gasteiger partial charge on any atom is 0.220 e. The van der Waals surface area contributed by atoms with Gasteiger partial charge in [-0.15, -0.1) is 0 Å². The molecular weight excluding hydrogens is 284 g/mol. The summed E-state index contributed by atoms with van der Waals surface area (Å²) in [4.78, 5) is 23.7. The first-order valence-electron chi connectivity index (χ1n) is 8.03. The van der Waals surface area contributed by atoms with Crippen LogP contribution >= 0.6 is 0 Å². The second kappa shape index (κ2) is 12.4. The SMILES string of the molecule is CCCC(C)(CNC(=O)CCCOC)NC(=O)CCCOC. The van der Waals surface area contributed by atoms with E-state index >= 15 is 0 Å². The molecule has 0 aliphatic carbocycles. The largest absolute Gasteiger partial charge is 0.385 e. The Bertz CT molecular complexity index is 323. The Labute approximate surface area is 134 Å². The van der Waals surface area contributed by atoms with Crippen molar-refractivity contribution in [2.45, 2.75) is 57.9 Å². The predicted octanol–water partition coefficient (Wildman–Crippen LogP) is 1.63. The van der Waals surface area contributed by atoms with E-state index in [1.54, 1.807) is 14.2 Å². The molecule has 2 N–H and O–H groups in total. The summed E-state index contributed by atoms with van der Waals surface area (Å²) in [5, 5.41) is 5.95. The quantitative estimate of drug-likeness (QED) is 0.506. The van der Waals surface area contributed by atoms with Crippen LogP contribution in [-0.2, 0) is 19.1 Å². The van der Waals surface area contributed by atoms with Crippen molar-refractivity contribution in [2.75, 3.05) is 34.0 Å². The Hall–Kier alpha value is -1.14. The smallest absolute Gasteiger partial charge is 0.220 e. The first-order chi connectivity index (χ1) is 10.5. The summed E-state index contributed by atoms with van der Waals surface area (Å²) in [5.41, 5.74) is -0.407. The zero-order chi connectivity index (χ0) is 16.8. The zero-order valence-corrected chi connectivity index (χ0v) is 14.5. The van der Waals surface area contributed by atoms with E-state index in [1.807, 2.05) is 6.92 Å². The Morgan fingerprint density at radius 1 is 1.00 bits per heavy atom. The minimum Gasteiger partial charge on any atom is -0.385 e. The number of methoxy groups -OCH3 is 2. The molecule has 0 saturated heterocycles. The van der Waals surface area contributed by atoms with E-state index in [9.17, 15) is 9.59 Å². The molecule has 0 heterocycles. The maximum atomic E-state index is 12.0. The molecule has 0 aliphatic heterocycles. The standard InChI is InChI=1S/C16H32N2O4/c1-5-10-16(2,18-15(20)9-7-12-22-4)13-17-14(19)8-6-11-21-3/h5-13H2,1-4H3,(H,17,19)(H,18,20). The van der Waals surface area contributed by atoms with Crippen LogP contribution in [0, 0.1) is 0 Å². The lowest BCUT2D eigenvalue weighted by molar-refractivity contribution is -0.125. The maximum absolute atomic E-state index is 12.0. The number of carbonyl (C=O) groups is 2. The van der Waals surface area contributed by atoms with Gasteiger partial charge in [0.25, 0.3) is 0 Å². The van der Waals surface area contributed by atoms with Crippen molar-refractivity contribution < 1.29 is 19.1 Å². The molecule has 0 spiro atoms. The van der Waals surface area contributed by atoms with Crippen molar-refractivity contribution in [3.05, 3.63) is 0 Å². The van der Waals surface area contributed by atoms with E-state index in [-0.39, 0.29) is 11.8 Å². The fraction of sp³-hybridized carbons (Fsp3) is 0.875. The lowest BCUT2D eigenvalue weighted by atomic mass is 9.95. The van der Waals surface area contributed by atoms with E-state index in [1.165, 1.54) is 0 Å². The minimum atomic E-state index is -0.407. The van der Waals surface area contributed by atoms with Crippen molar-refractivity contribution in [3.63, 3.8) is 0 Å². The average molecular weight is 316 g/mol. The molecule has 2 amide bonds. The van der Waals surface area contributed by atoms with Crippen molar-refractivity contribution >= 4 is 11.8 Å². The van der Waals surface area contributed by atoms with Gasteiger partial charge in [0, 0.05) is 46.8 Å². The van der Waals surface area contributed by atoms with Gasteiger partial charge in [-0.05, 0) is 26.2 Å². The van der Waals surface area contributed by atoms with Gasteiger partial charge in [0.2, 0.25) is 11.8 Å². The van der Waals surface area contributed by atoms with Crippen molar-refractivity contribution in [1.82, 2.24) is 10.6 Å². The fourth-order valence-electron chi connectivity index (χ4n) is 2.28. The predicted molar refractivity (Wildman–Crippen MR) is 86.7 cm³/mol. The van der Waals surface area contributed by atoms with Gasteiger partial charge >= 0.3 is 0 Å². The van der Waals surface area contributed by atoms with Gasteiger partial charge in [-0.1, -0.05) is 13.3 Å². The number of hydrogen-bond donors (Lipinski definition) is 2. The molecule has 1 atom stereocenters. The van der Waals surface area contributed by atoms with Gasteiger partial charge in [0.1, 0.15) is 0 Å². The second-order valence-corrected chi connectivity index (χ2v) is 5.83. The first kappa shape index (κ1) is 20.9. The number of rotatable bonds is 13. The van der Waals surface area contributed by atoms with Crippen LogP contribution < -0.4 is 10.6 Å². The van der Waals surface area contributed by atoms with Gasteiger partial charge in [0.15, 0.2) is 0 Å². The lowest BCUT2D eigenvalue weighted by Gasteiger charge is -2.31. The molecule has 6 nitrogen and oxygen atoms in total. The first-order valence-corrected chi connectivity index (χ1v) is 8.03. The number of hydrogen-bond acceptors (Lipinski definition) is 4. The molecule has 6 heteroatoms.